The maximum absolute atomic E-state index is 12.9. The van der Waals surface area contributed by atoms with Crippen LogP contribution in [0.3, 0.4) is 0 Å². The molecule has 3 aromatic rings. The number of aliphatic hydroxyl groups excluding tert-OH is 1. The number of aliphatic hydroxyl groups is 1. The van der Waals surface area contributed by atoms with Gasteiger partial charge < -0.3 is 15.2 Å². The molecule has 2 heterocycles. The summed E-state index contributed by atoms with van der Waals surface area (Å²) in [6.07, 6.45) is -0.00835. The number of ether oxygens (including phenoxy) is 1. The van der Waals surface area contributed by atoms with Crippen molar-refractivity contribution in [3.05, 3.63) is 77.6 Å². The van der Waals surface area contributed by atoms with Crippen molar-refractivity contribution in [3.8, 4) is 11.5 Å². The van der Waals surface area contributed by atoms with Gasteiger partial charge in [-0.15, -0.1) is 0 Å². The van der Waals surface area contributed by atoms with Gasteiger partial charge in [0.1, 0.15) is 17.7 Å². The standard InChI is InChI=1S/C24H28N4O3/c1-16(2)20-14-21(27-26-20)24(30)28-13-12-17(15-28)25-23(29)19-10-6-7-11-22(19)31-18-8-4-3-5-9-18/h3-11,14,16-17,24,30H,12-13,15H2,1-2H3,(H,25,29)(H,26,27). The maximum atomic E-state index is 12.9. The molecule has 7 nitrogen and oxygen atoms in total. The van der Waals surface area contributed by atoms with Gasteiger partial charge in [0.2, 0.25) is 0 Å². The predicted molar refractivity (Wildman–Crippen MR) is 118 cm³/mol. The fraction of sp³-hybridized carbons (Fsp3) is 0.333. The molecule has 7 heteroatoms. The summed E-state index contributed by atoms with van der Waals surface area (Å²) in [5.74, 6) is 1.30. The lowest BCUT2D eigenvalue weighted by atomic mass is 10.1. The van der Waals surface area contributed by atoms with E-state index < -0.39 is 6.23 Å². The van der Waals surface area contributed by atoms with E-state index in [1.54, 1.807) is 12.1 Å². The molecule has 1 aliphatic rings. The average Bonchev–Trinajstić information content (AvgIpc) is 3.44. The van der Waals surface area contributed by atoms with E-state index in [1.807, 2.05) is 53.4 Å². The van der Waals surface area contributed by atoms with Crippen LogP contribution in [0.2, 0.25) is 0 Å². The van der Waals surface area contributed by atoms with Crippen molar-refractivity contribution in [3.63, 3.8) is 0 Å². The van der Waals surface area contributed by atoms with E-state index in [2.05, 4.69) is 29.4 Å². The third-order valence-electron chi connectivity index (χ3n) is 5.49. The van der Waals surface area contributed by atoms with Gasteiger partial charge in [-0.1, -0.05) is 44.2 Å². The summed E-state index contributed by atoms with van der Waals surface area (Å²) >= 11 is 0. The van der Waals surface area contributed by atoms with Gasteiger partial charge in [-0.2, -0.15) is 5.10 Å². The number of amides is 1. The molecule has 162 valence electrons. The van der Waals surface area contributed by atoms with Gasteiger partial charge in [0, 0.05) is 19.1 Å². The number of para-hydroxylation sites is 2. The number of benzene rings is 2. The number of carbonyl (C=O) groups excluding carboxylic acids is 1. The zero-order chi connectivity index (χ0) is 21.8. The van der Waals surface area contributed by atoms with Crippen LogP contribution in [-0.4, -0.2) is 45.2 Å². The molecule has 2 unspecified atom stereocenters. The SMILES string of the molecule is CC(C)c1cc(C(O)N2CCC(NC(=O)c3ccccc3Oc3ccccc3)C2)[nH]n1. The van der Waals surface area contributed by atoms with Crippen molar-refractivity contribution in [2.45, 2.75) is 38.5 Å². The Bertz CT molecular complexity index is 1020. The summed E-state index contributed by atoms with van der Waals surface area (Å²) < 4.78 is 5.91. The molecule has 0 bridgehead atoms. The molecule has 0 saturated carbocycles. The van der Waals surface area contributed by atoms with E-state index in [0.29, 0.717) is 41.8 Å². The highest BCUT2D eigenvalue weighted by atomic mass is 16.5. The molecule has 1 aromatic heterocycles. The van der Waals surface area contributed by atoms with Crippen LogP contribution in [0.15, 0.2) is 60.7 Å². The number of rotatable bonds is 7. The van der Waals surface area contributed by atoms with Crippen molar-refractivity contribution in [2.75, 3.05) is 13.1 Å². The predicted octanol–water partition coefficient (Wildman–Crippen LogP) is 3.82. The summed E-state index contributed by atoms with van der Waals surface area (Å²) in [7, 11) is 0. The van der Waals surface area contributed by atoms with Crippen LogP contribution < -0.4 is 10.1 Å². The summed E-state index contributed by atoms with van der Waals surface area (Å²) in [4.78, 5) is 14.9. The van der Waals surface area contributed by atoms with E-state index >= 15 is 0 Å². The highest BCUT2D eigenvalue weighted by Gasteiger charge is 2.30. The number of nitrogens with one attached hydrogen (secondary N) is 2. The van der Waals surface area contributed by atoms with Crippen molar-refractivity contribution in [2.24, 2.45) is 0 Å². The van der Waals surface area contributed by atoms with E-state index in [4.69, 9.17) is 4.74 Å². The summed E-state index contributed by atoms with van der Waals surface area (Å²) in [6, 6.07) is 18.5. The van der Waals surface area contributed by atoms with Gasteiger partial charge in [-0.05, 0) is 42.7 Å². The molecule has 2 atom stereocenters. The van der Waals surface area contributed by atoms with Crippen molar-refractivity contribution >= 4 is 5.91 Å². The Morgan fingerprint density at radius 3 is 2.68 bits per heavy atom. The number of hydrogen-bond donors (Lipinski definition) is 3. The normalized spacial score (nSPS) is 17.6. The Hall–Kier alpha value is -3.16. The van der Waals surface area contributed by atoms with Gasteiger partial charge in [-0.25, -0.2) is 0 Å². The summed E-state index contributed by atoms with van der Waals surface area (Å²) in [5, 5.41) is 21.0. The van der Waals surface area contributed by atoms with Crippen LogP contribution in [-0.2, 0) is 0 Å². The Labute approximate surface area is 182 Å². The van der Waals surface area contributed by atoms with E-state index in [-0.39, 0.29) is 11.9 Å². The van der Waals surface area contributed by atoms with Crippen LogP contribution in [0.5, 0.6) is 11.5 Å². The largest absolute Gasteiger partial charge is 0.457 e. The molecule has 3 N–H and O–H groups in total. The molecule has 31 heavy (non-hydrogen) atoms. The molecule has 0 radical (unpaired) electrons. The first kappa shape index (κ1) is 21.1. The summed E-state index contributed by atoms with van der Waals surface area (Å²) in [6.45, 7) is 5.37. The monoisotopic (exact) mass is 420 g/mol. The minimum Gasteiger partial charge on any atom is -0.457 e. The quantitative estimate of drug-likeness (QED) is 0.541. The molecule has 1 saturated heterocycles. The van der Waals surface area contributed by atoms with Crippen LogP contribution in [0.4, 0.5) is 0 Å². The topological polar surface area (TPSA) is 90.5 Å². The van der Waals surface area contributed by atoms with E-state index in [9.17, 15) is 9.90 Å². The second-order valence-corrected chi connectivity index (χ2v) is 8.14. The first-order chi connectivity index (χ1) is 15.0. The molecule has 2 aromatic carbocycles. The van der Waals surface area contributed by atoms with Crippen molar-refractivity contribution in [1.82, 2.24) is 20.4 Å². The fourth-order valence-corrected chi connectivity index (χ4v) is 3.73. The first-order valence-corrected chi connectivity index (χ1v) is 10.6. The number of nitrogens with zero attached hydrogens (tertiary/aromatic N) is 2. The van der Waals surface area contributed by atoms with Crippen LogP contribution >= 0.6 is 0 Å². The van der Waals surface area contributed by atoms with E-state index in [1.165, 1.54) is 0 Å². The minimum atomic E-state index is -0.768. The molecular weight excluding hydrogens is 392 g/mol. The average molecular weight is 421 g/mol. The zero-order valence-electron chi connectivity index (χ0n) is 17.8. The lowest BCUT2D eigenvalue weighted by Gasteiger charge is -2.22. The Balaban J connectivity index is 1.39. The highest BCUT2D eigenvalue weighted by molar-refractivity contribution is 5.97. The number of carbonyl (C=O) groups is 1. The number of H-pyrrole nitrogens is 1. The van der Waals surface area contributed by atoms with Gasteiger partial charge in [0.05, 0.1) is 17.0 Å². The van der Waals surface area contributed by atoms with Gasteiger partial charge >= 0.3 is 0 Å². The molecule has 1 fully saturated rings. The number of likely N-dealkylation sites (tertiary alicyclic amines) is 1. The van der Waals surface area contributed by atoms with Crippen LogP contribution in [0.1, 0.15) is 54.2 Å². The minimum absolute atomic E-state index is 0.0561. The Morgan fingerprint density at radius 1 is 1.19 bits per heavy atom. The van der Waals surface area contributed by atoms with E-state index in [0.717, 1.165) is 12.1 Å². The third kappa shape index (κ3) is 4.95. The fourth-order valence-electron chi connectivity index (χ4n) is 3.73. The molecule has 1 amide bonds. The highest BCUT2D eigenvalue weighted by Crippen LogP contribution is 2.27. The van der Waals surface area contributed by atoms with Crippen LogP contribution in [0, 0.1) is 0 Å². The van der Waals surface area contributed by atoms with Crippen molar-refractivity contribution in [1.29, 1.82) is 0 Å². The molecule has 4 rings (SSSR count). The van der Waals surface area contributed by atoms with Gasteiger partial charge in [-0.3, -0.25) is 14.8 Å². The number of hydrogen-bond acceptors (Lipinski definition) is 5. The smallest absolute Gasteiger partial charge is 0.255 e. The third-order valence-corrected chi connectivity index (χ3v) is 5.49. The lowest BCUT2D eigenvalue weighted by molar-refractivity contribution is 0.0139. The van der Waals surface area contributed by atoms with Crippen LogP contribution in [0.25, 0.3) is 0 Å². The molecule has 0 aliphatic carbocycles. The van der Waals surface area contributed by atoms with Crippen molar-refractivity contribution < 1.29 is 14.6 Å². The zero-order valence-corrected chi connectivity index (χ0v) is 17.8. The number of aromatic nitrogens is 2. The maximum Gasteiger partial charge on any atom is 0.255 e. The molecular formula is C24H28N4O3. The molecule has 0 spiro atoms. The second kappa shape index (κ2) is 9.32. The van der Waals surface area contributed by atoms with Gasteiger partial charge in [0.25, 0.3) is 5.91 Å². The Morgan fingerprint density at radius 2 is 1.94 bits per heavy atom. The lowest BCUT2D eigenvalue weighted by Crippen LogP contribution is -2.38. The molecule has 1 aliphatic heterocycles. The summed E-state index contributed by atoms with van der Waals surface area (Å²) in [5.41, 5.74) is 2.09. The number of aromatic amines is 1. The second-order valence-electron chi connectivity index (χ2n) is 8.14. The van der Waals surface area contributed by atoms with Gasteiger partial charge in [0.15, 0.2) is 0 Å². The first-order valence-electron chi connectivity index (χ1n) is 10.6. The Kier molecular flexibility index (Phi) is 6.34.